The smallest absolute Gasteiger partial charge is 0.253 e. The third-order valence-electron chi connectivity index (χ3n) is 4.67. The summed E-state index contributed by atoms with van der Waals surface area (Å²) in [6.07, 6.45) is 0.733. The number of rotatable bonds is 5. The lowest BCUT2D eigenvalue weighted by Gasteiger charge is -2.33. The lowest BCUT2D eigenvalue weighted by Crippen LogP contribution is -2.50. The summed E-state index contributed by atoms with van der Waals surface area (Å²) in [5, 5.41) is 2.91. The van der Waals surface area contributed by atoms with E-state index in [4.69, 9.17) is 4.74 Å². The van der Waals surface area contributed by atoms with Gasteiger partial charge in [-0.25, -0.2) is 0 Å². The lowest BCUT2D eigenvalue weighted by atomic mass is 10.1. The van der Waals surface area contributed by atoms with E-state index in [1.807, 2.05) is 49.4 Å². The van der Waals surface area contributed by atoms with Crippen LogP contribution in [0.4, 0.5) is 5.69 Å². The van der Waals surface area contributed by atoms with Crippen molar-refractivity contribution in [2.45, 2.75) is 26.4 Å². The summed E-state index contributed by atoms with van der Waals surface area (Å²) in [5.74, 6) is -0.182. The Kier molecular flexibility index (Phi) is 5.68. The molecule has 5 nitrogen and oxygen atoms in total. The molecule has 1 N–H and O–H groups in total. The van der Waals surface area contributed by atoms with Gasteiger partial charge in [0.05, 0.1) is 12.6 Å². The van der Waals surface area contributed by atoms with Crippen molar-refractivity contribution in [1.29, 1.82) is 0 Å². The number of carbonyl (C=O) groups is 2. The van der Waals surface area contributed by atoms with Crippen LogP contribution in [0, 0.1) is 6.92 Å². The third-order valence-corrected chi connectivity index (χ3v) is 4.67. The fourth-order valence-corrected chi connectivity index (χ4v) is 3.04. The Hall–Kier alpha value is -2.66. The second kappa shape index (κ2) is 8.15. The lowest BCUT2D eigenvalue weighted by molar-refractivity contribution is -0.129. The summed E-state index contributed by atoms with van der Waals surface area (Å²) in [5.41, 5.74) is 3.69. The van der Waals surface area contributed by atoms with Crippen molar-refractivity contribution < 1.29 is 14.3 Å². The first-order valence-corrected chi connectivity index (χ1v) is 8.93. The van der Waals surface area contributed by atoms with Crippen LogP contribution >= 0.6 is 0 Å². The van der Waals surface area contributed by atoms with Crippen molar-refractivity contribution in [3.05, 3.63) is 65.2 Å². The Bertz CT molecular complexity index is 786. The number of anilines is 1. The first-order chi connectivity index (χ1) is 12.6. The molecular weight excluding hydrogens is 328 g/mol. The van der Waals surface area contributed by atoms with E-state index in [9.17, 15) is 9.59 Å². The predicted molar refractivity (Wildman–Crippen MR) is 101 cm³/mol. The number of morpholine rings is 1. The van der Waals surface area contributed by atoms with Crippen molar-refractivity contribution >= 4 is 17.5 Å². The van der Waals surface area contributed by atoms with Gasteiger partial charge in [0.1, 0.15) is 6.61 Å². The van der Waals surface area contributed by atoms with Gasteiger partial charge in [-0.15, -0.1) is 0 Å². The highest BCUT2D eigenvalue weighted by Crippen LogP contribution is 2.19. The largest absolute Gasteiger partial charge is 0.365 e. The Morgan fingerprint density at radius 1 is 1.19 bits per heavy atom. The monoisotopic (exact) mass is 352 g/mol. The molecule has 1 aliphatic rings. The average Bonchev–Trinajstić information content (AvgIpc) is 2.67. The second-order valence-electron chi connectivity index (χ2n) is 6.48. The normalized spacial score (nSPS) is 17.2. The minimum absolute atomic E-state index is 0.0282. The zero-order valence-electron chi connectivity index (χ0n) is 15.2. The molecule has 0 saturated carbocycles. The molecule has 0 aromatic heterocycles. The molecule has 2 aromatic rings. The van der Waals surface area contributed by atoms with Crippen LogP contribution < -0.4 is 10.2 Å². The molecule has 2 amide bonds. The van der Waals surface area contributed by atoms with Crippen molar-refractivity contribution in [3.8, 4) is 0 Å². The summed E-state index contributed by atoms with van der Waals surface area (Å²) in [4.78, 5) is 26.3. The van der Waals surface area contributed by atoms with Crippen LogP contribution in [0.15, 0.2) is 48.5 Å². The van der Waals surface area contributed by atoms with E-state index in [0.717, 1.165) is 17.7 Å². The first-order valence-electron chi connectivity index (χ1n) is 8.93. The Morgan fingerprint density at radius 3 is 2.62 bits per heavy atom. The molecule has 3 rings (SSSR count). The van der Waals surface area contributed by atoms with Crippen LogP contribution in [0.5, 0.6) is 0 Å². The van der Waals surface area contributed by atoms with Gasteiger partial charge in [0.15, 0.2) is 0 Å². The topological polar surface area (TPSA) is 58.6 Å². The number of carbonyl (C=O) groups excluding carboxylic acids is 2. The number of benzene rings is 2. The average molecular weight is 352 g/mol. The molecule has 1 saturated heterocycles. The van der Waals surface area contributed by atoms with E-state index >= 15 is 0 Å². The van der Waals surface area contributed by atoms with Gasteiger partial charge >= 0.3 is 0 Å². The maximum absolute atomic E-state index is 12.3. The molecule has 2 aromatic carbocycles. The van der Waals surface area contributed by atoms with Crippen LogP contribution in [0.25, 0.3) is 0 Å². The van der Waals surface area contributed by atoms with Gasteiger partial charge in [-0.3, -0.25) is 9.59 Å². The van der Waals surface area contributed by atoms with Gasteiger partial charge in [-0.05, 0) is 42.7 Å². The number of hydrogen-bond acceptors (Lipinski definition) is 3. The molecular formula is C21H24N2O3. The van der Waals surface area contributed by atoms with E-state index in [1.54, 1.807) is 11.0 Å². The molecule has 0 radical (unpaired) electrons. The number of nitrogens with zero attached hydrogens (tertiary/aromatic N) is 1. The SMILES string of the molecule is CCc1ccc(N2CC(CNC(=O)c3ccccc3C)OCC2=O)cc1. The zero-order valence-corrected chi connectivity index (χ0v) is 15.2. The van der Waals surface area contributed by atoms with Crippen molar-refractivity contribution in [3.63, 3.8) is 0 Å². The predicted octanol–water partition coefficient (Wildman–Crippen LogP) is 2.72. The van der Waals surface area contributed by atoms with Gasteiger partial charge < -0.3 is 15.0 Å². The van der Waals surface area contributed by atoms with E-state index in [0.29, 0.717) is 18.7 Å². The van der Waals surface area contributed by atoms with Gasteiger partial charge in [0.2, 0.25) is 0 Å². The highest BCUT2D eigenvalue weighted by molar-refractivity contribution is 5.96. The van der Waals surface area contributed by atoms with Gasteiger partial charge in [-0.1, -0.05) is 37.3 Å². The Morgan fingerprint density at radius 2 is 1.92 bits per heavy atom. The van der Waals surface area contributed by atoms with Crippen LogP contribution in [0.2, 0.25) is 0 Å². The highest BCUT2D eigenvalue weighted by Gasteiger charge is 2.27. The summed E-state index contributed by atoms with van der Waals surface area (Å²) in [7, 11) is 0. The van der Waals surface area contributed by atoms with Crippen molar-refractivity contribution in [2.24, 2.45) is 0 Å². The van der Waals surface area contributed by atoms with Crippen LogP contribution in [0.3, 0.4) is 0 Å². The number of ether oxygens (including phenoxy) is 1. The zero-order chi connectivity index (χ0) is 18.5. The minimum atomic E-state index is -0.230. The molecule has 1 atom stereocenters. The highest BCUT2D eigenvalue weighted by atomic mass is 16.5. The quantitative estimate of drug-likeness (QED) is 0.900. The van der Waals surface area contributed by atoms with Crippen molar-refractivity contribution in [1.82, 2.24) is 5.32 Å². The van der Waals surface area contributed by atoms with Crippen molar-refractivity contribution in [2.75, 3.05) is 24.6 Å². The van der Waals surface area contributed by atoms with Gasteiger partial charge in [-0.2, -0.15) is 0 Å². The molecule has 1 fully saturated rings. The van der Waals surface area contributed by atoms with Crippen LogP contribution in [-0.4, -0.2) is 37.6 Å². The van der Waals surface area contributed by atoms with Crippen LogP contribution in [-0.2, 0) is 16.0 Å². The van der Waals surface area contributed by atoms with Gasteiger partial charge in [0, 0.05) is 17.8 Å². The van der Waals surface area contributed by atoms with E-state index in [-0.39, 0.29) is 24.5 Å². The number of hydrogen-bond donors (Lipinski definition) is 1. The van der Waals surface area contributed by atoms with E-state index < -0.39 is 0 Å². The number of nitrogens with one attached hydrogen (secondary N) is 1. The molecule has 1 aliphatic heterocycles. The fourth-order valence-electron chi connectivity index (χ4n) is 3.04. The maximum Gasteiger partial charge on any atom is 0.253 e. The summed E-state index contributed by atoms with van der Waals surface area (Å²) in [6, 6.07) is 15.5. The molecule has 136 valence electrons. The van der Waals surface area contributed by atoms with E-state index in [1.165, 1.54) is 5.56 Å². The summed E-state index contributed by atoms with van der Waals surface area (Å²) < 4.78 is 5.60. The summed E-state index contributed by atoms with van der Waals surface area (Å²) in [6.45, 7) is 4.83. The van der Waals surface area contributed by atoms with E-state index in [2.05, 4.69) is 12.2 Å². The van der Waals surface area contributed by atoms with Gasteiger partial charge in [0.25, 0.3) is 11.8 Å². The molecule has 26 heavy (non-hydrogen) atoms. The summed E-state index contributed by atoms with van der Waals surface area (Å²) >= 11 is 0. The molecule has 0 spiro atoms. The standard InChI is InChI=1S/C21H24N2O3/c1-3-16-8-10-17(11-9-16)23-13-18(26-14-20(23)24)12-22-21(25)19-7-5-4-6-15(19)2/h4-11,18H,3,12-14H2,1-2H3,(H,22,25). The van der Waals surface area contributed by atoms with Crippen LogP contribution in [0.1, 0.15) is 28.4 Å². The maximum atomic E-state index is 12.3. The molecule has 1 unspecified atom stereocenters. The molecule has 5 heteroatoms. The number of aryl methyl sites for hydroxylation is 2. The number of amides is 2. The second-order valence-corrected chi connectivity index (χ2v) is 6.48. The minimum Gasteiger partial charge on any atom is -0.365 e. The Labute approximate surface area is 154 Å². The molecule has 0 aliphatic carbocycles. The first kappa shape index (κ1) is 18.1. The molecule has 0 bridgehead atoms. The Balaban J connectivity index is 1.61. The fraction of sp³-hybridized carbons (Fsp3) is 0.333. The third kappa shape index (κ3) is 4.11. The molecule has 1 heterocycles.